The van der Waals surface area contributed by atoms with E-state index in [0.717, 1.165) is 75.5 Å². The first-order valence-electron chi connectivity index (χ1n) is 21.6. The number of esters is 3. The number of carbonyl (C=O) groups excluding carboxylic acids is 3. The van der Waals surface area contributed by atoms with Crippen LogP contribution in [0, 0.1) is 17.8 Å². The van der Waals surface area contributed by atoms with E-state index in [9.17, 15) is 14.4 Å². The normalized spacial score (nSPS) is 12.2. The molecule has 0 aliphatic carbocycles. The Kier molecular flexibility index (Phi) is 34.7. The van der Waals surface area contributed by atoms with Crippen LogP contribution in [-0.4, -0.2) is 37.2 Å². The molecule has 0 aliphatic rings. The fourth-order valence-corrected chi connectivity index (χ4v) is 6.35. The lowest BCUT2D eigenvalue weighted by Gasteiger charge is -2.18. The van der Waals surface area contributed by atoms with Gasteiger partial charge in [-0.1, -0.05) is 189 Å². The lowest BCUT2D eigenvalue weighted by atomic mass is 10.0. The van der Waals surface area contributed by atoms with E-state index in [1.807, 2.05) is 0 Å². The summed E-state index contributed by atoms with van der Waals surface area (Å²) in [6.45, 7) is 13.5. The van der Waals surface area contributed by atoms with Crippen molar-refractivity contribution in [1.29, 1.82) is 0 Å². The lowest BCUT2D eigenvalue weighted by molar-refractivity contribution is -0.167. The maximum Gasteiger partial charge on any atom is 0.306 e. The molecule has 6 heteroatoms. The Morgan fingerprint density at radius 3 is 0.860 bits per heavy atom. The van der Waals surface area contributed by atoms with Gasteiger partial charge in [0.25, 0.3) is 0 Å². The van der Waals surface area contributed by atoms with E-state index in [1.165, 1.54) is 109 Å². The van der Waals surface area contributed by atoms with Crippen molar-refractivity contribution in [2.24, 2.45) is 17.8 Å². The van der Waals surface area contributed by atoms with E-state index < -0.39 is 6.10 Å². The number of unbranched alkanes of at least 4 members (excludes halogenated alkanes) is 20. The number of hydrogen-bond donors (Lipinski definition) is 0. The average molecular weight is 709 g/mol. The number of hydrogen-bond acceptors (Lipinski definition) is 6. The van der Waals surface area contributed by atoms with E-state index in [1.54, 1.807) is 0 Å². The molecule has 1 atom stereocenters. The highest BCUT2D eigenvalue weighted by Gasteiger charge is 2.19. The van der Waals surface area contributed by atoms with Crippen LogP contribution in [-0.2, 0) is 28.6 Å². The van der Waals surface area contributed by atoms with Crippen LogP contribution in [0.1, 0.15) is 228 Å². The smallest absolute Gasteiger partial charge is 0.306 e. The summed E-state index contributed by atoms with van der Waals surface area (Å²) in [6.07, 6.45) is 31.1. The van der Waals surface area contributed by atoms with Crippen molar-refractivity contribution in [3.8, 4) is 0 Å². The molecule has 6 nitrogen and oxygen atoms in total. The van der Waals surface area contributed by atoms with E-state index in [0.29, 0.717) is 19.3 Å². The third kappa shape index (κ3) is 37.7. The third-order valence-corrected chi connectivity index (χ3v) is 9.65. The van der Waals surface area contributed by atoms with Crippen LogP contribution in [0.2, 0.25) is 0 Å². The SMILES string of the molecule is CC(C)CCCCCCCCCCCC(=O)OC[C@H](COC(=O)CCCCCCCCCCC(C)C)OC(=O)CCCCCCCCC(C)C. The van der Waals surface area contributed by atoms with Gasteiger partial charge in [0, 0.05) is 19.3 Å². The minimum absolute atomic E-state index is 0.0678. The van der Waals surface area contributed by atoms with E-state index in [2.05, 4.69) is 41.5 Å². The average Bonchev–Trinajstić information content (AvgIpc) is 3.06. The molecule has 0 saturated heterocycles. The Morgan fingerprint density at radius 2 is 0.580 bits per heavy atom. The van der Waals surface area contributed by atoms with Crippen LogP contribution in [0.15, 0.2) is 0 Å². The number of rotatable bonds is 37. The Morgan fingerprint density at radius 1 is 0.340 bits per heavy atom. The summed E-state index contributed by atoms with van der Waals surface area (Å²) in [5.74, 6) is 1.49. The van der Waals surface area contributed by atoms with E-state index in [-0.39, 0.29) is 31.1 Å². The van der Waals surface area contributed by atoms with Crippen molar-refractivity contribution in [2.75, 3.05) is 13.2 Å². The summed E-state index contributed by atoms with van der Waals surface area (Å²) in [5, 5.41) is 0. The molecule has 0 aromatic rings. The van der Waals surface area contributed by atoms with Crippen molar-refractivity contribution >= 4 is 17.9 Å². The van der Waals surface area contributed by atoms with Gasteiger partial charge in [0.2, 0.25) is 0 Å². The van der Waals surface area contributed by atoms with Gasteiger partial charge < -0.3 is 14.2 Å². The molecular weight excluding hydrogens is 624 g/mol. The minimum Gasteiger partial charge on any atom is -0.462 e. The Bertz CT molecular complexity index is 776. The highest BCUT2D eigenvalue weighted by molar-refractivity contribution is 5.71. The monoisotopic (exact) mass is 709 g/mol. The van der Waals surface area contributed by atoms with Crippen molar-refractivity contribution in [1.82, 2.24) is 0 Å². The first-order chi connectivity index (χ1) is 24.1. The molecule has 0 spiro atoms. The Labute approximate surface area is 310 Å². The first-order valence-corrected chi connectivity index (χ1v) is 21.6. The molecule has 296 valence electrons. The fourth-order valence-electron chi connectivity index (χ4n) is 6.35. The highest BCUT2D eigenvalue weighted by atomic mass is 16.6. The van der Waals surface area contributed by atoms with Gasteiger partial charge in [0.1, 0.15) is 13.2 Å². The zero-order valence-electron chi connectivity index (χ0n) is 34.2. The fraction of sp³-hybridized carbons (Fsp3) is 0.932. The summed E-state index contributed by atoms with van der Waals surface area (Å²) in [7, 11) is 0. The maximum absolute atomic E-state index is 12.6. The third-order valence-electron chi connectivity index (χ3n) is 9.65. The van der Waals surface area contributed by atoms with Gasteiger partial charge in [-0.25, -0.2) is 0 Å². The van der Waals surface area contributed by atoms with Gasteiger partial charge in [-0.2, -0.15) is 0 Å². The molecule has 0 unspecified atom stereocenters. The quantitative estimate of drug-likeness (QED) is 0.0363. The van der Waals surface area contributed by atoms with Crippen LogP contribution in [0.3, 0.4) is 0 Å². The summed E-state index contributed by atoms with van der Waals surface area (Å²) in [6, 6.07) is 0. The summed E-state index contributed by atoms with van der Waals surface area (Å²) >= 11 is 0. The number of ether oxygens (including phenoxy) is 3. The molecule has 0 rings (SSSR count). The van der Waals surface area contributed by atoms with Gasteiger partial charge >= 0.3 is 17.9 Å². The molecule has 0 aliphatic heterocycles. The zero-order chi connectivity index (χ0) is 37.1. The second-order valence-electron chi connectivity index (χ2n) is 16.4. The maximum atomic E-state index is 12.6. The van der Waals surface area contributed by atoms with Crippen LogP contribution < -0.4 is 0 Å². The topological polar surface area (TPSA) is 78.9 Å². The van der Waals surface area contributed by atoms with Crippen molar-refractivity contribution < 1.29 is 28.6 Å². The van der Waals surface area contributed by atoms with Crippen LogP contribution >= 0.6 is 0 Å². The first kappa shape index (κ1) is 48.4. The predicted octanol–water partition coefficient (Wildman–Crippen LogP) is 13.3. The summed E-state index contributed by atoms with van der Waals surface area (Å²) in [5.41, 5.74) is 0. The standard InChI is InChI=1S/C44H84O6/c1-38(2)30-24-18-12-8-7-9-14-21-27-33-42(45)48-36-41(50-44(47)35-29-23-17-16-20-26-32-40(5)6)37-49-43(46)34-28-22-15-11-10-13-19-25-31-39(3)4/h38-41H,7-37H2,1-6H3/t41-/m1/s1. The second kappa shape index (κ2) is 35.8. The summed E-state index contributed by atoms with van der Waals surface area (Å²) in [4.78, 5) is 37.6. The number of carbonyl (C=O) groups is 3. The molecule has 0 fully saturated rings. The van der Waals surface area contributed by atoms with E-state index in [4.69, 9.17) is 14.2 Å². The molecule has 0 radical (unpaired) electrons. The van der Waals surface area contributed by atoms with E-state index >= 15 is 0 Å². The lowest BCUT2D eigenvalue weighted by Crippen LogP contribution is -2.30. The molecule has 0 heterocycles. The highest BCUT2D eigenvalue weighted by Crippen LogP contribution is 2.16. The van der Waals surface area contributed by atoms with Crippen LogP contribution in [0.4, 0.5) is 0 Å². The van der Waals surface area contributed by atoms with Gasteiger partial charge in [-0.3, -0.25) is 14.4 Å². The van der Waals surface area contributed by atoms with Crippen molar-refractivity contribution in [3.05, 3.63) is 0 Å². The van der Waals surface area contributed by atoms with Gasteiger partial charge in [-0.05, 0) is 37.0 Å². The molecule has 0 bridgehead atoms. The van der Waals surface area contributed by atoms with Gasteiger partial charge in [0.05, 0.1) is 0 Å². The van der Waals surface area contributed by atoms with Gasteiger partial charge in [-0.15, -0.1) is 0 Å². The molecule has 0 N–H and O–H groups in total. The Hall–Kier alpha value is -1.59. The minimum atomic E-state index is -0.761. The zero-order valence-corrected chi connectivity index (χ0v) is 34.2. The predicted molar refractivity (Wildman–Crippen MR) is 210 cm³/mol. The largest absolute Gasteiger partial charge is 0.462 e. The van der Waals surface area contributed by atoms with Crippen LogP contribution in [0.5, 0.6) is 0 Å². The Balaban J connectivity index is 4.34. The molecule has 0 aromatic heterocycles. The van der Waals surface area contributed by atoms with Gasteiger partial charge in [0.15, 0.2) is 6.10 Å². The van der Waals surface area contributed by atoms with Crippen molar-refractivity contribution in [2.45, 2.75) is 234 Å². The molecule has 50 heavy (non-hydrogen) atoms. The summed E-state index contributed by atoms with van der Waals surface area (Å²) < 4.78 is 16.7. The molecular formula is C44H84O6. The molecule has 0 aromatic carbocycles. The second-order valence-corrected chi connectivity index (χ2v) is 16.4. The van der Waals surface area contributed by atoms with Crippen LogP contribution in [0.25, 0.3) is 0 Å². The molecule has 0 amide bonds. The molecule has 0 saturated carbocycles. The van der Waals surface area contributed by atoms with Crippen molar-refractivity contribution in [3.63, 3.8) is 0 Å².